The Morgan fingerprint density at radius 1 is 1.20 bits per heavy atom. The molecule has 2 aromatic rings. The number of benzene rings is 2. The van der Waals surface area contributed by atoms with Crippen LogP contribution >= 0.6 is 0 Å². The van der Waals surface area contributed by atoms with Gasteiger partial charge in [-0.15, -0.1) is 0 Å². The third kappa shape index (κ3) is 4.71. The Balaban J connectivity index is 2.36. The summed E-state index contributed by atoms with van der Waals surface area (Å²) < 4.78 is 11.0. The van der Waals surface area contributed by atoms with Gasteiger partial charge in [0.2, 0.25) is 5.78 Å². The predicted molar refractivity (Wildman–Crippen MR) is 97.9 cm³/mol. The lowest BCUT2D eigenvalue weighted by atomic mass is 10.0. The van der Waals surface area contributed by atoms with E-state index in [2.05, 4.69) is 0 Å². The summed E-state index contributed by atoms with van der Waals surface area (Å²) in [7, 11) is 1.58. The summed E-state index contributed by atoms with van der Waals surface area (Å²) in [6, 6.07) is 14.5. The number of hydrogen-bond acceptors (Lipinski definition) is 4. The maximum Gasteiger partial charge on any atom is 0.203 e. The maximum absolute atomic E-state index is 12.6. The summed E-state index contributed by atoms with van der Waals surface area (Å²) in [6.45, 7) is 4.49. The van der Waals surface area contributed by atoms with E-state index in [1.807, 2.05) is 32.0 Å². The average molecular weight is 335 g/mol. The fourth-order valence-corrected chi connectivity index (χ4v) is 2.36. The smallest absolute Gasteiger partial charge is 0.203 e. The number of Topliss-reactive ketones (excluding diaryl/α,β-unsaturated/α-hetero) is 1. The van der Waals surface area contributed by atoms with Crippen molar-refractivity contribution in [3.8, 4) is 17.6 Å². The van der Waals surface area contributed by atoms with Crippen molar-refractivity contribution in [2.24, 2.45) is 0 Å². The van der Waals surface area contributed by atoms with Crippen molar-refractivity contribution >= 4 is 11.9 Å². The van der Waals surface area contributed by atoms with Gasteiger partial charge in [0, 0.05) is 5.56 Å². The van der Waals surface area contributed by atoms with E-state index >= 15 is 0 Å². The summed E-state index contributed by atoms with van der Waals surface area (Å²) in [5, 5.41) is 9.40. The van der Waals surface area contributed by atoms with Gasteiger partial charge in [0.1, 0.15) is 11.6 Å². The molecular formula is C21H21NO3. The monoisotopic (exact) mass is 335 g/mol. The van der Waals surface area contributed by atoms with Crippen molar-refractivity contribution in [1.29, 1.82) is 5.26 Å². The molecule has 0 N–H and O–H groups in total. The van der Waals surface area contributed by atoms with Crippen LogP contribution in [0.25, 0.3) is 6.08 Å². The van der Waals surface area contributed by atoms with Gasteiger partial charge < -0.3 is 9.47 Å². The standard InChI is InChI=1S/C21H21NO3/c1-4-10-25-20-13-16(8-9-19(20)24-3)12-18(14-22)21(23)17-7-5-6-15(2)11-17/h5-9,11-13H,4,10H2,1-3H3/b18-12+. The molecule has 0 bridgehead atoms. The number of ether oxygens (including phenoxy) is 2. The van der Waals surface area contributed by atoms with E-state index in [0.29, 0.717) is 29.2 Å². The van der Waals surface area contributed by atoms with Crippen molar-refractivity contribution in [2.75, 3.05) is 13.7 Å². The van der Waals surface area contributed by atoms with E-state index in [4.69, 9.17) is 9.47 Å². The molecule has 2 aromatic carbocycles. The zero-order valence-corrected chi connectivity index (χ0v) is 14.7. The highest BCUT2D eigenvalue weighted by atomic mass is 16.5. The molecule has 0 unspecified atom stereocenters. The first kappa shape index (κ1) is 18.3. The number of aryl methyl sites for hydroxylation is 1. The first-order valence-electron chi connectivity index (χ1n) is 8.13. The van der Waals surface area contributed by atoms with Crippen LogP contribution in [0, 0.1) is 18.3 Å². The number of ketones is 1. The Morgan fingerprint density at radius 2 is 2.00 bits per heavy atom. The molecule has 0 aromatic heterocycles. The van der Waals surface area contributed by atoms with Crippen LogP contribution in [0.2, 0.25) is 0 Å². The number of carbonyl (C=O) groups excluding carboxylic acids is 1. The summed E-state index contributed by atoms with van der Waals surface area (Å²) in [4.78, 5) is 12.6. The van der Waals surface area contributed by atoms with Gasteiger partial charge in [-0.05, 0) is 43.2 Å². The molecule has 0 fully saturated rings. The van der Waals surface area contributed by atoms with Crippen LogP contribution in [0.4, 0.5) is 0 Å². The minimum atomic E-state index is -0.293. The lowest BCUT2D eigenvalue weighted by Gasteiger charge is -2.10. The van der Waals surface area contributed by atoms with E-state index in [9.17, 15) is 10.1 Å². The summed E-state index contributed by atoms with van der Waals surface area (Å²) >= 11 is 0. The van der Waals surface area contributed by atoms with E-state index in [1.54, 1.807) is 43.5 Å². The zero-order valence-electron chi connectivity index (χ0n) is 14.7. The molecule has 0 aliphatic carbocycles. The highest BCUT2D eigenvalue weighted by Crippen LogP contribution is 2.29. The van der Waals surface area contributed by atoms with Crippen molar-refractivity contribution in [3.05, 3.63) is 64.7 Å². The first-order valence-corrected chi connectivity index (χ1v) is 8.13. The Morgan fingerprint density at radius 3 is 2.64 bits per heavy atom. The van der Waals surface area contributed by atoms with Gasteiger partial charge in [-0.1, -0.05) is 36.8 Å². The lowest BCUT2D eigenvalue weighted by molar-refractivity contribution is 0.104. The van der Waals surface area contributed by atoms with Crippen molar-refractivity contribution in [2.45, 2.75) is 20.3 Å². The molecule has 0 amide bonds. The molecule has 0 radical (unpaired) electrons. The minimum absolute atomic E-state index is 0.0807. The molecular weight excluding hydrogens is 314 g/mol. The number of nitriles is 1. The van der Waals surface area contributed by atoms with Crippen LogP contribution in [0.3, 0.4) is 0 Å². The summed E-state index contributed by atoms with van der Waals surface area (Å²) in [6.07, 6.45) is 2.45. The van der Waals surface area contributed by atoms with E-state index in [1.165, 1.54) is 0 Å². The van der Waals surface area contributed by atoms with Gasteiger partial charge in [0.05, 0.1) is 13.7 Å². The zero-order chi connectivity index (χ0) is 18.2. The van der Waals surface area contributed by atoms with Crippen LogP contribution in [-0.2, 0) is 0 Å². The highest BCUT2D eigenvalue weighted by molar-refractivity contribution is 6.14. The van der Waals surface area contributed by atoms with Crippen LogP contribution < -0.4 is 9.47 Å². The second kappa shape index (κ2) is 8.70. The van der Waals surface area contributed by atoms with E-state index in [0.717, 1.165) is 12.0 Å². The molecule has 0 saturated carbocycles. The second-order valence-corrected chi connectivity index (χ2v) is 5.63. The molecule has 4 heteroatoms. The van der Waals surface area contributed by atoms with Gasteiger partial charge >= 0.3 is 0 Å². The Hall–Kier alpha value is -3.06. The maximum atomic E-state index is 12.6. The van der Waals surface area contributed by atoms with Crippen LogP contribution in [-0.4, -0.2) is 19.5 Å². The molecule has 0 saturated heterocycles. The van der Waals surface area contributed by atoms with Crippen molar-refractivity contribution in [1.82, 2.24) is 0 Å². The number of methoxy groups -OCH3 is 1. The van der Waals surface area contributed by atoms with E-state index in [-0.39, 0.29) is 11.4 Å². The lowest BCUT2D eigenvalue weighted by Crippen LogP contribution is -2.02. The molecule has 25 heavy (non-hydrogen) atoms. The van der Waals surface area contributed by atoms with Crippen molar-refractivity contribution in [3.63, 3.8) is 0 Å². The van der Waals surface area contributed by atoms with Gasteiger partial charge in [0.25, 0.3) is 0 Å². The molecule has 4 nitrogen and oxygen atoms in total. The van der Waals surface area contributed by atoms with Crippen LogP contribution in [0.5, 0.6) is 11.5 Å². The topological polar surface area (TPSA) is 59.3 Å². The molecule has 0 atom stereocenters. The Labute approximate surface area is 148 Å². The van der Waals surface area contributed by atoms with Gasteiger partial charge in [-0.3, -0.25) is 4.79 Å². The number of carbonyl (C=O) groups is 1. The number of hydrogen-bond donors (Lipinski definition) is 0. The third-order valence-corrected chi connectivity index (χ3v) is 3.61. The fraction of sp³-hybridized carbons (Fsp3) is 0.238. The number of rotatable bonds is 7. The fourth-order valence-electron chi connectivity index (χ4n) is 2.36. The van der Waals surface area contributed by atoms with Gasteiger partial charge in [0.15, 0.2) is 11.5 Å². The van der Waals surface area contributed by atoms with Gasteiger partial charge in [-0.2, -0.15) is 5.26 Å². The summed E-state index contributed by atoms with van der Waals surface area (Å²) in [5.41, 5.74) is 2.27. The Kier molecular flexibility index (Phi) is 6.36. The number of allylic oxidation sites excluding steroid dienone is 1. The van der Waals surface area contributed by atoms with Crippen LogP contribution in [0.15, 0.2) is 48.0 Å². The Bertz CT molecular complexity index is 831. The molecule has 0 aliphatic rings. The largest absolute Gasteiger partial charge is 0.493 e. The van der Waals surface area contributed by atoms with Gasteiger partial charge in [-0.25, -0.2) is 0 Å². The quantitative estimate of drug-likeness (QED) is 0.422. The molecule has 0 aliphatic heterocycles. The van der Waals surface area contributed by atoms with Crippen molar-refractivity contribution < 1.29 is 14.3 Å². The SMILES string of the molecule is CCCOc1cc(/C=C(\C#N)C(=O)c2cccc(C)c2)ccc1OC. The molecule has 0 spiro atoms. The highest BCUT2D eigenvalue weighted by Gasteiger charge is 2.13. The van der Waals surface area contributed by atoms with Crippen LogP contribution in [0.1, 0.15) is 34.8 Å². The number of nitrogens with zero attached hydrogens (tertiary/aromatic N) is 1. The minimum Gasteiger partial charge on any atom is -0.493 e. The second-order valence-electron chi connectivity index (χ2n) is 5.63. The average Bonchev–Trinajstić information content (AvgIpc) is 2.64. The first-order chi connectivity index (χ1) is 12.1. The predicted octanol–water partition coefficient (Wildman–Crippen LogP) is 4.58. The molecule has 128 valence electrons. The molecule has 0 heterocycles. The molecule has 2 rings (SSSR count). The normalized spacial score (nSPS) is 10.9. The third-order valence-electron chi connectivity index (χ3n) is 3.61. The van der Waals surface area contributed by atoms with E-state index < -0.39 is 0 Å². The summed E-state index contributed by atoms with van der Waals surface area (Å²) in [5.74, 6) is 0.922.